The van der Waals surface area contributed by atoms with Crippen LogP contribution in [0.4, 0.5) is 0 Å². The number of nitrogens with zero attached hydrogens (tertiary/aromatic N) is 3. The average Bonchev–Trinajstić information content (AvgIpc) is 3.15. The summed E-state index contributed by atoms with van der Waals surface area (Å²) in [6.07, 6.45) is 1.54. The zero-order valence-electron chi connectivity index (χ0n) is 13.5. The van der Waals surface area contributed by atoms with E-state index in [1.807, 2.05) is 55.5 Å². The van der Waals surface area contributed by atoms with Crippen molar-refractivity contribution in [1.29, 1.82) is 0 Å². The van der Waals surface area contributed by atoms with Gasteiger partial charge in [-0.15, -0.1) is 0 Å². The van der Waals surface area contributed by atoms with Crippen molar-refractivity contribution >= 4 is 22.7 Å². The van der Waals surface area contributed by atoms with E-state index in [0.717, 1.165) is 16.9 Å². The lowest BCUT2D eigenvalue weighted by Gasteiger charge is -2.13. The van der Waals surface area contributed by atoms with Crippen LogP contribution in [0.1, 0.15) is 11.3 Å². The smallest absolute Gasteiger partial charge is 0.266 e. The number of benzene rings is 2. The molecule has 0 bridgehead atoms. The molecule has 4 rings (SSSR count). The van der Waals surface area contributed by atoms with E-state index < -0.39 is 0 Å². The van der Waals surface area contributed by atoms with Gasteiger partial charge in [-0.2, -0.15) is 0 Å². The minimum atomic E-state index is -0.0721. The molecule has 6 heteroatoms. The summed E-state index contributed by atoms with van der Waals surface area (Å²) in [7, 11) is 0. The van der Waals surface area contributed by atoms with Crippen LogP contribution in [0.5, 0.6) is 0 Å². The van der Waals surface area contributed by atoms with E-state index in [4.69, 9.17) is 9.51 Å². The number of hydrogen-bond donors (Lipinski definition) is 0. The van der Waals surface area contributed by atoms with Crippen LogP contribution in [0.25, 0.3) is 16.6 Å². The number of thioether (sulfide) groups is 1. The van der Waals surface area contributed by atoms with Crippen LogP contribution in [0, 0.1) is 6.92 Å². The highest BCUT2D eigenvalue weighted by Crippen LogP contribution is 2.24. The molecule has 5 nitrogen and oxygen atoms in total. The van der Waals surface area contributed by atoms with Crippen LogP contribution in [0.15, 0.2) is 75.3 Å². The summed E-state index contributed by atoms with van der Waals surface area (Å²) in [5.41, 5.74) is 3.37. The quantitative estimate of drug-likeness (QED) is 0.412. The van der Waals surface area contributed by atoms with Gasteiger partial charge in [-0.1, -0.05) is 46.7 Å². The number of hydrogen-bond acceptors (Lipinski definition) is 5. The SMILES string of the molecule is Cc1ccc(-n2c(SCc3ccon3)nc3ccccc3c2=O)cc1. The van der Waals surface area contributed by atoms with Crippen LogP contribution < -0.4 is 5.56 Å². The Labute approximate surface area is 148 Å². The molecule has 4 aromatic rings. The summed E-state index contributed by atoms with van der Waals surface area (Å²) >= 11 is 1.46. The van der Waals surface area contributed by atoms with Crippen molar-refractivity contribution in [3.05, 3.63) is 82.5 Å². The third-order valence-corrected chi connectivity index (χ3v) is 4.85. The van der Waals surface area contributed by atoms with E-state index in [0.29, 0.717) is 21.8 Å². The Morgan fingerprint density at radius 3 is 2.64 bits per heavy atom. The second-order valence-corrected chi connectivity index (χ2v) is 6.61. The molecule has 0 amide bonds. The predicted octanol–water partition coefficient (Wildman–Crippen LogP) is 3.97. The molecule has 0 radical (unpaired) electrons. The van der Waals surface area contributed by atoms with Gasteiger partial charge in [0.15, 0.2) is 5.16 Å². The third kappa shape index (κ3) is 3.08. The second kappa shape index (κ2) is 6.57. The van der Waals surface area contributed by atoms with E-state index in [1.165, 1.54) is 18.0 Å². The van der Waals surface area contributed by atoms with Crippen molar-refractivity contribution in [1.82, 2.24) is 14.7 Å². The maximum absolute atomic E-state index is 13.1. The molecule has 0 atom stereocenters. The van der Waals surface area contributed by atoms with E-state index in [1.54, 1.807) is 10.6 Å². The fourth-order valence-corrected chi connectivity index (χ4v) is 3.49. The van der Waals surface area contributed by atoms with Crippen molar-refractivity contribution in [3.63, 3.8) is 0 Å². The highest BCUT2D eigenvalue weighted by molar-refractivity contribution is 7.98. The zero-order chi connectivity index (χ0) is 17.2. The summed E-state index contributed by atoms with van der Waals surface area (Å²) in [6.45, 7) is 2.02. The molecule has 0 spiro atoms. The highest BCUT2D eigenvalue weighted by atomic mass is 32.2. The number of fused-ring (bicyclic) bond motifs is 1. The number of aromatic nitrogens is 3. The molecular weight excluding hydrogens is 334 g/mol. The molecule has 0 saturated carbocycles. The Balaban J connectivity index is 1.87. The lowest BCUT2D eigenvalue weighted by Crippen LogP contribution is -2.21. The maximum atomic E-state index is 13.1. The first kappa shape index (κ1) is 15.7. The van der Waals surface area contributed by atoms with Crippen LogP contribution in [0.2, 0.25) is 0 Å². The molecule has 2 heterocycles. The van der Waals surface area contributed by atoms with Gasteiger partial charge in [-0.3, -0.25) is 9.36 Å². The minimum absolute atomic E-state index is 0.0721. The summed E-state index contributed by atoms with van der Waals surface area (Å²) in [5.74, 6) is 0.577. The maximum Gasteiger partial charge on any atom is 0.266 e. The van der Waals surface area contributed by atoms with Crippen molar-refractivity contribution in [2.75, 3.05) is 0 Å². The van der Waals surface area contributed by atoms with Gasteiger partial charge in [0, 0.05) is 11.8 Å². The molecule has 2 aromatic carbocycles. The van der Waals surface area contributed by atoms with Crippen LogP contribution in [-0.4, -0.2) is 14.7 Å². The molecular formula is C19H15N3O2S. The number of aryl methyl sites for hydroxylation is 1. The molecule has 0 aliphatic heterocycles. The molecule has 0 N–H and O–H groups in total. The van der Waals surface area contributed by atoms with Gasteiger partial charge in [0.05, 0.1) is 22.3 Å². The first-order valence-electron chi connectivity index (χ1n) is 7.83. The Kier molecular flexibility index (Phi) is 4.11. The molecule has 0 aliphatic carbocycles. The Morgan fingerprint density at radius 2 is 1.88 bits per heavy atom. The van der Waals surface area contributed by atoms with E-state index in [9.17, 15) is 4.79 Å². The Morgan fingerprint density at radius 1 is 1.08 bits per heavy atom. The van der Waals surface area contributed by atoms with Gasteiger partial charge < -0.3 is 4.52 Å². The van der Waals surface area contributed by atoms with Gasteiger partial charge in [-0.05, 0) is 31.2 Å². The van der Waals surface area contributed by atoms with Gasteiger partial charge in [0.2, 0.25) is 0 Å². The molecule has 0 saturated heterocycles. The van der Waals surface area contributed by atoms with Crippen molar-refractivity contribution in [3.8, 4) is 5.69 Å². The summed E-state index contributed by atoms with van der Waals surface area (Å²) in [4.78, 5) is 17.8. The molecule has 2 aromatic heterocycles. The molecule has 124 valence electrons. The van der Waals surface area contributed by atoms with Crippen molar-refractivity contribution in [2.24, 2.45) is 0 Å². The van der Waals surface area contributed by atoms with Gasteiger partial charge in [-0.25, -0.2) is 4.98 Å². The summed E-state index contributed by atoms with van der Waals surface area (Å²) in [6, 6.07) is 17.1. The third-order valence-electron chi connectivity index (χ3n) is 3.88. The second-order valence-electron chi connectivity index (χ2n) is 5.67. The number of rotatable bonds is 4. The van der Waals surface area contributed by atoms with E-state index in [2.05, 4.69) is 5.16 Å². The number of para-hydroxylation sites is 1. The lowest BCUT2D eigenvalue weighted by molar-refractivity contribution is 0.414. The molecule has 0 fully saturated rings. The van der Waals surface area contributed by atoms with Crippen LogP contribution in [-0.2, 0) is 5.75 Å². The van der Waals surface area contributed by atoms with E-state index in [-0.39, 0.29) is 5.56 Å². The predicted molar refractivity (Wildman–Crippen MR) is 98.1 cm³/mol. The fourth-order valence-electron chi connectivity index (χ4n) is 2.58. The lowest BCUT2D eigenvalue weighted by atomic mass is 10.2. The Hall–Kier alpha value is -2.86. The average molecular weight is 349 g/mol. The van der Waals surface area contributed by atoms with Gasteiger partial charge >= 0.3 is 0 Å². The molecule has 0 unspecified atom stereocenters. The normalized spacial score (nSPS) is 11.1. The standard InChI is InChI=1S/C19H15N3O2S/c1-13-6-8-15(9-7-13)22-18(23)16-4-2-3-5-17(16)20-19(22)25-12-14-10-11-24-21-14/h2-11H,12H2,1H3. The highest BCUT2D eigenvalue weighted by Gasteiger charge is 2.13. The molecule has 0 aliphatic rings. The summed E-state index contributed by atoms with van der Waals surface area (Å²) in [5, 5.41) is 5.16. The fraction of sp³-hybridized carbons (Fsp3) is 0.105. The van der Waals surface area contributed by atoms with Crippen molar-refractivity contribution < 1.29 is 4.52 Å². The van der Waals surface area contributed by atoms with Crippen LogP contribution >= 0.6 is 11.8 Å². The topological polar surface area (TPSA) is 60.9 Å². The van der Waals surface area contributed by atoms with Gasteiger partial charge in [0.25, 0.3) is 5.56 Å². The minimum Gasteiger partial charge on any atom is -0.364 e. The largest absolute Gasteiger partial charge is 0.364 e. The molecule has 25 heavy (non-hydrogen) atoms. The van der Waals surface area contributed by atoms with Crippen molar-refractivity contribution in [2.45, 2.75) is 17.8 Å². The van der Waals surface area contributed by atoms with Gasteiger partial charge in [0.1, 0.15) is 6.26 Å². The van der Waals surface area contributed by atoms with Crippen LogP contribution in [0.3, 0.4) is 0 Å². The first-order chi connectivity index (χ1) is 12.2. The Bertz CT molecular complexity index is 1070. The first-order valence-corrected chi connectivity index (χ1v) is 8.82. The monoisotopic (exact) mass is 349 g/mol. The summed E-state index contributed by atoms with van der Waals surface area (Å²) < 4.78 is 6.53. The van der Waals surface area contributed by atoms with E-state index >= 15 is 0 Å². The zero-order valence-corrected chi connectivity index (χ0v) is 14.4.